The number of benzene rings is 2. The third-order valence-electron chi connectivity index (χ3n) is 4.58. The molecule has 0 saturated heterocycles. The van der Waals surface area contributed by atoms with Gasteiger partial charge < -0.3 is 19.1 Å². The molecule has 0 radical (unpaired) electrons. The molecule has 0 amide bonds. The average molecular weight is 381 g/mol. The molecule has 0 aliphatic rings. The predicted octanol–water partition coefficient (Wildman–Crippen LogP) is 4.86. The van der Waals surface area contributed by atoms with Crippen molar-refractivity contribution in [2.24, 2.45) is 0 Å². The molecule has 0 fully saturated rings. The Labute approximate surface area is 163 Å². The zero-order valence-corrected chi connectivity index (χ0v) is 16.1. The lowest BCUT2D eigenvalue weighted by molar-refractivity contribution is -0.154. The van der Waals surface area contributed by atoms with E-state index in [2.05, 4.69) is 5.16 Å². The Morgan fingerprint density at radius 3 is 2.36 bits per heavy atom. The summed E-state index contributed by atoms with van der Waals surface area (Å²) in [6.07, 6.45) is 0.357. The molecule has 0 bridgehead atoms. The van der Waals surface area contributed by atoms with E-state index in [-0.39, 0.29) is 6.61 Å². The molecule has 1 unspecified atom stereocenters. The molecular formula is C22H23NO5. The quantitative estimate of drug-likeness (QED) is 0.600. The maximum atomic E-state index is 11.3. The van der Waals surface area contributed by atoms with Gasteiger partial charge in [0.05, 0.1) is 0 Å². The van der Waals surface area contributed by atoms with Crippen LogP contribution < -0.4 is 9.47 Å². The Morgan fingerprint density at radius 2 is 1.75 bits per heavy atom. The van der Waals surface area contributed by atoms with E-state index in [1.165, 1.54) is 5.56 Å². The van der Waals surface area contributed by atoms with Gasteiger partial charge in [0.15, 0.2) is 5.76 Å². The molecule has 0 aliphatic carbocycles. The van der Waals surface area contributed by atoms with Gasteiger partial charge in [-0.2, -0.15) is 0 Å². The first-order chi connectivity index (χ1) is 13.4. The SMILES string of the molecule is CCC(C)(Oc1ccc(OCc2cc(-c3ccc(C)cc3)no2)cc1)C(=O)O. The lowest BCUT2D eigenvalue weighted by Crippen LogP contribution is -2.40. The van der Waals surface area contributed by atoms with Crippen molar-refractivity contribution in [3.8, 4) is 22.8 Å². The molecule has 1 N–H and O–H groups in total. The van der Waals surface area contributed by atoms with E-state index in [4.69, 9.17) is 14.0 Å². The number of carboxylic acid groups (broad SMARTS) is 1. The molecular weight excluding hydrogens is 358 g/mol. The van der Waals surface area contributed by atoms with Crippen molar-refractivity contribution in [1.29, 1.82) is 0 Å². The minimum Gasteiger partial charge on any atom is -0.486 e. The second-order valence-corrected chi connectivity index (χ2v) is 6.80. The van der Waals surface area contributed by atoms with Crippen molar-refractivity contribution in [2.45, 2.75) is 39.4 Å². The molecule has 6 nitrogen and oxygen atoms in total. The monoisotopic (exact) mass is 381 g/mol. The van der Waals surface area contributed by atoms with Crippen molar-refractivity contribution < 1.29 is 23.9 Å². The predicted molar refractivity (Wildman–Crippen MR) is 104 cm³/mol. The Bertz CT molecular complexity index is 930. The van der Waals surface area contributed by atoms with Crippen LogP contribution >= 0.6 is 0 Å². The zero-order valence-electron chi connectivity index (χ0n) is 16.1. The summed E-state index contributed by atoms with van der Waals surface area (Å²) in [4.78, 5) is 11.3. The van der Waals surface area contributed by atoms with Gasteiger partial charge in [-0.05, 0) is 44.5 Å². The maximum Gasteiger partial charge on any atom is 0.347 e. The smallest absolute Gasteiger partial charge is 0.347 e. The number of hydrogen-bond donors (Lipinski definition) is 1. The number of aliphatic carboxylic acids is 1. The number of nitrogens with zero attached hydrogens (tertiary/aromatic N) is 1. The molecule has 1 heterocycles. The fraction of sp³-hybridized carbons (Fsp3) is 0.273. The standard InChI is InChI=1S/C22H23NO5/c1-4-22(3,21(24)25)27-18-11-9-17(10-12-18)26-14-19-13-20(23-28-19)16-7-5-15(2)6-8-16/h5-13H,4,14H2,1-3H3,(H,24,25). The molecule has 3 rings (SSSR count). The highest BCUT2D eigenvalue weighted by Crippen LogP contribution is 2.25. The normalized spacial score (nSPS) is 13.0. The summed E-state index contributed by atoms with van der Waals surface area (Å²) < 4.78 is 16.7. The summed E-state index contributed by atoms with van der Waals surface area (Å²) in [6.45, 7) is 5.59. The number of ether oxygens (including phenoxy) is 2. The van der Waals surface area contributed by atoms with Crippen LogP contribution in [0.2, 0.25) is 0 Å². The molecule has 2 aromatic carbocycles. The highest BCUT2D eigenvalue weighted by molar-refractivity contribution is 5.77. The number of aromatic nitrogens is 1. The minimum absolute atomic E-state index is 0.237. The third kappa shape index (κ3) is 4.52. The van der Waals surface area contributed by atoms with E-state index >= 15 is 0 Å². The van der Waals surface area contributed by atoms with Crippen LogP contribution in [0.5, 0.6) is 11.5 Å². The van der Waals surface area contributed by atoms with Gasteiger partial charge in [-0.25, -0.2) is 4.79 Å². The highest BCUT2D eigenvalue weighted by atomic mass is 16.5. The second-order valence-electron chi connectivity index (χ2n) is 6.80. The van der Waals surface area contributed by atoms with Gasteiger partial charge in [-0.3, -0.25) is 0 Å². The summed E-state index contributed by atoms with van der Waals surface area (Å²) in [5.41, 5.74) is 1.68. The van der Waals surface area contributed by atoms with Crippen molar-refractivity contribution in [1.82, 2.24) is 5.16 Å². The Kier molecular flexibility index (Phi) is 5.68. The van der Waals surface area contributed by atoms with Crippen LogP contribution in [0.15, 0.2) is 59.1 Å². The molecule has 146 valence electrons. The average Bonchev–Trinajstić information content (AvgIpc) is 3.17. The van der Waals surface area contributed by atoms with Crippen molar-refractivity contribution in [3.05, 3.63) is 65.9 Å². The molecule has 28 heavy (non-hydrogen) atoms. The first-order valence-corrected chi connectivity index (χ1v) is 9.07. The molecule has 1 atom stereocenters. The number of rotatable bonds is 8. The first kappa shape index (κ1) is 19.5. The van der Waals surface area contributed by atoms with Crippen LogP contribution in [0.1, 0.15) is 31.6 Å². The lowest BCUT2D eigenvalue weighted by Gasteiger charge is -2.24. The van der Waals surface area contributed by atoms with Gasteiger partial charge >= 0.3 is 5.97 Å². The van der Waals surface area contributed by atoms with Gasteiger partial charge in [0.2, 0.25) is 5.60 Å². The Morgan fingerprint density at radius 1 is 1.11 bits per heavy atom. The van der Waals surface area contributed by atoms with Crippen LogP contribution in [-0.2, 0) is 11.4 Å². The van der Waals surface area contributed by atoms with Crippen LogP contribution in [-0.4, -0.2) is 21.8 Å². The molecule has 0 saturated carbocycles. The summed E-state index contributed by atoms with van der Waals surface area (Å²) >= 11 is 0. The third-order valence-corrected chi connectivity index (χ3v) is 4.58. The van der Waals surface area contributed by atoms with Gasteiger partial charge in [-0.1, -0.05) is 41.9 Å². The summed E-state index contributed by atoms with van der Waals surface area (Å²) in [6, 6.07) is 16.7. The van der Waals surface area contributed by atoms with Gasteiger partial charge in [0.25, 0.3) is 0 Å². The van der Waals surface area contributed by atoms with E-state index in [9.17, 15) is 9.90 Å². The van der Waals surface area contributed by atoms with Crippen LogP contribution in [0.3, 0.4) is 0 Å². The van der Waals surface area contributed by atoms with Gasteiger partial charge in [0.1, 0.15) is 23.8 Å². The number of aryl methyl sites for hydroxylation is 1. The van der Waals surface area contributed by atoms with E-state index in [1.54, 1.807) is 38.1 Å². The van der Waals surface area contributed by atoms with E-state index in [1.807, 2.05) is 37.3 Å². The second kappa shape index (κ2) is 8.17. The largest absolute Gasteiger partial charge is 0.486 e. The first-order valence-electron chi connectivity index (χ1n) is 9.07. The minimum atomic E-state index is -1.26. The zero-order chi connectivity index (χ0) is 20.1. The van der Waals surface area contributed by atoms with Crippen LogP contribution in [0.4, 0.5) is 0 Å². The fourth-order valence-corrected chi connectivity index (χ4v) is 2.53. The molecule has 6 heteroatoms. The number of carboxylic acids is 1. The van der Waals surface area contributed by atoms with E-state index in [0.29, 0.717) is 23.7 Å². The number of hydrogen-bond acceptors (Lipinski definition) is 5. The van der Waals surface area contributed by atoms with Crippen LogP contribution in [0.25, 0.3) is 11.3 Å². The molecule has 0 spiro atoms. The van der Waals surface area contributed by atoms with E-state index < -0.39 is 11.6 Å². The maximum absolute atomic E-state index is 11.3. The highest BCUT2D eigenvalue weighted by Gasteiger charge is 2.33. The summed E-state index contributed by atoms with van der Waals surface area (Å²) in [7, 11) is 0. The number of carbonyl (C=O) groups is 1. The van der Waals surface area contributed by atoms with Crippen molar-refractivity contribution in [2.75, 3.05) is 0 Å². The fourth-order valence-electron chi connectivity index (χ4n) is 2.53. The van der Waals surface area contributed by atoms with Gasteiger partial charge in [0, 0.05) is 11.6 Å². The Balaban J connectivity index is 1.59. The topological polar surface area (TPSA) is 81.8 Å². The molecule has 0 aliphatic heterocycles. The lowest BCUT2D eigenvalue weighted by atomic mass is 10.0. The van der Waals surface area contributed by atoms with Crippen molar-refractivity contribution >= 4 is 5.97 Å². The van der Waals surface area contributed by atoms with Gasteiger partial charge in [-0.15, -0.1) is 0 Å². The van der Waals surface area contributed by atoms with Crippen LogP contribution in [0, 0.1) is 6.92 Å². The van der Waals surface area contributed by atoms with E-state index in [0.717, 1.165) is 11.3 Å². The Hall–Kier alpha value is -3.28. The molecule has 3 aromatic rings. The summed E-state index contributed by atoms with van der Waals surface area (Å²) in [5.74, 6) is 0.708. The van der Waals surface area contributed by atoms with Crippen molar-refractivity contribution in [3.63, 3.8) is 0 Å². The molecule has 1 aromatic heterocycles. The summed E-state index contributed by atoms with van der Waals surface area (Å²) in [5, 5.41) is 13.4.